The van der Waals surface area contributed by atoms with Crippen LogP contribution in [-0.2, 0) is 6.42 Å². The Morgan fingerprint density at radius 2 is 1.93 bits per heavy atom. The SMILES string of the molecule is COc1ccc(C(=O)N2CCN(c3ccccc3C)CC2)cc1CC1CCNC1. The van der Waals surface area contributed by atoms with Crippen molar-refractivity contribution in [2.45, 2.75) is 19.8 Å². The van der Waals surface area contributed by atoms with E-state index in [0.717, 1.165) is 62.6 Å². The van der Waals surface area contributed by atoms with Crippen molar-refractivity contribution in [3.05, 3.63) is 59.2 Å². The number of carbonyl (C=O) groups excluding carboxylic acids is 1. The van der Waals surface area contributed by atoms with Gasteiger partial charge in [0.15, 0.2) is 0 Å². The highest BCUT2D eigenvalue weighted by Gasteiger charge is 2.24. The summed E-state index contributed by atoms with van der Waals surface area (Å²) in [7, 11) is 1.71. The number of carbonyl (C=O) groups is 1. The van der Waals surface area contributed by atoms with Gasteiger partial charge in [0.1, 0.15) is 5.75 Å². The third-order valence-electron chi connectivity index (χ3n) is 6.22. The molecule has 0 saturated carbocycles. The molecule has 1 unspecified atom stereocenters. The quantitative estimate of drug-likeness (QED) is 0.848. The first-order valence-electron chi connectivity index (χ1n) is 10.6. The fourth-order valence-corrected chi connectivity index (χ4v) is 4.52. The summed E-state index contributed by atoms with van der Waals surface area (Å²) in [4.78, 5) is 17.5. The first-order chi connectivity index (χ1) is 14.2. The summed E-state index contributed by atoms with van der Waals surface area (Å²) in [6.07, 6.45) is 2.14. The zero-order valence-corrected chi connectivity index (χ0v) is 17.5. The van der Waals surface area contributed by atoms with Crippen LogP contribution in [0, 0.1) is 12.8 Å². The Morgan fingerprint density at radius 1 is 1.14 bits per heavy atom. The molecule has 154 valence electrons. The number of piperazine rings is 1. The van der Waals surface area contributed by atoms with Crippen LogP contribution in [0.3, 0.4) is 0 Å². The van der Waals surface area contributed by atoms with E-state index >= 15 is 0 Å². The number of benzene rings is 2. The van der Waals surface area contributed by atoms with Gasteiger partial charge in [-0.25, -0.2) is 0 Å². The largest absolute Gasteiger partial charge is 0.496 e. The van der Waals surface area contributed by atoms with Crippen molar-refractivity contribution in [3.63, 3.8) is 0 Å². The molecule has 2 saturated heterocycles. The van der Waals surface area contributed by atoms with E-state index in [2.05, 4.69) is 41.4 Å². The predicted molar refractivity (Wildman–Crippen MR) is 117 cm³/mol. The van der Waals surface area contributed by atoms with Crippen LogP contribution in [0.2, 0.25) is 0 Å². The second-order valence-electron chi connectivity index (χ2n) is 8.16. The van der Waals surface area contributed by atoms with E-state index in [1.54, 1.807) is 7.11 Å². The van der Waals surface area contributed by atoms with E-state index in [1.807, 2.05) is 23.1 Å². The summed E-state index contributed by atoms with van der Waals surface area (Å²) in [5, 5.41) is 3.42. The van der Waals surface area contributed by atoms with Crippen LogP contribution in [0.15, 0.2) is 42.5 Å². The van der Waals surface area contributed by atoms with Gasteiger partial charge in [-0.15, -0.1) is 0 Å². The Hall–Kier alpha value is -2.53. The minimum atomic E-state index is 0.128. The van der Waals surface area contributed by atoms with Gasteiger partial charge in [-0.2, -0.15) is 0 Å². The lowest BCUT2D eigenvalue weighted by Crippen LogP contribution is -2.49. The molecule has 2 heterocycles. The van der Waals surface area contributed by atoms with Crippen molar-refractivity contribution < 1.29 is 9.53 Å². The van der Waals surface area contributed by atoms with Crippen molar-refractivity contribution in [3.8, 4) is 5.75 Å². The molecule has 29 heavy (non-hydrogen) atoms. The lowest BCUT2D eigenvalue weighted by atomic mass is 9.96. The normalized spacial score (nSPS) is 19.4. The number of hydrogen-bond acceptors (Lipinski definition) is 4. The van der Waals surface area contributed by atoms with E-state index in [0.29, 0.717) is 5.92 Å². The molecule has 2 aliphatic heterocycles. The molecule has 5 nitrogen and oxygen atoms in total. The molecule has 5 heteroatoms. The second kappa shape index (κ2) is 8.87. The molecular formula is C24H31N3O2. The van der Waals surface area contributed by atoms with Crippen LogP contribution in [0.5, 0.6) is 5.75 Å². The van der Waals surface area contributed by atoms with Crippen molar-refractivity contribution in [2.24, 2.45) is 5.92 Å². The van der Waals surface area contributed by atoms with Crippen LogP contribution < -0.4 is 15.0 Å². The second-order valence-corrected chi connectivity index (χ2v) is 8.16. The summed E-state index contributed by atoms with van der Waals surface area (Å²) in [6.45, 7) is 7.51. The highest BCUT2D eigenvalue weighted by Crippen LogP contribution is 2.26. The fourth-order valence-electron chi connectivity index (χ4n) is 4.52. The number of methoxy groups -OCH3 is 1. The zero-order chi connectivity index (χ0) is 20.2. The first-order valence-corrected chi connectivity index (χ1v) is 10.6. The number of amides is 1. The molecule has 2 fully saturated rings. The number of para-hydroxylation sites is 1. The molecule has 1 N–H and O–H groups in total. The molecule has 1 atom stereocenters. The van der Waals surface area contributed by atoms with E-state index in [-0.39, 0.29) is 5.91 Å². The zero-order valence-electron chi connectivity index (χ0n) is 17.5. The van der Waals surface area contributed by atoms with Crippen LogP contribution in [-0.4, -0.2) is 57.2 Å². The first kappa shape index (κ1) is 19.8. The van der Waals surface area contributed by atoms with E-state index < -0.39 is 0 Å². The molecule has 2 aromatic rings. The van der Waals surface area contributed by atoms with Gasteiger partial charge in [-0.05, 0) is 74.2 Å². The summed E-state index contributed by atoms with van der Waals surface area (Å²) in [5.41, 5.74) is 4.48. The molecular weight excluding hydrogens is 362 g/mol. The monoisotopic (exact) mass is 393 g/mol. The lowest BCUT2D eigenvalue weighted by Gasteiger charge is -2.37. The molecule has 1 amide bonds. The Kier molecular flexibility index (Phi) is 6.05. The maximum absolute atomic E-state index is 13.2. The van der Waals surface area contributed by atoms with Gasteiger partial charge in [0.05, 0.1) is 7.11 Å². The van der Waals surface area contributed by atoms with Crippen LogP contribution in [0.4, 0.5) is 5.69 Å². The lowest BCUT2D eigenvalue weighted by molar-refractivity contribution is 0.0746. The Bertz CT molecular complexity index is 853. The van der Waals surface area contributed by atoms with Gasteiger partial charge in [0.2, 0.25) is 0 Å². The molecule has 0 bridgehead atoms. The average Bonchev–Trinajstić information content (AvgIpc) is 3.27. The van der Waals surface area contributed by atoms with Crippen molar-refractivity contribution in [1.82, 2.24) is 10.2 Å². The Morgan fingerprint density at radius 3 is 2.62 bits per heavy atom. The number of hydrogen-bond donors (Lipinski definition) is 1. The molecule has 2 aliphatic rings. The van der Waals surface area contributed by atoms with Crippen molar-refractivity contribution >= 4 is 11.6 Å². The topological polar surface area (TPSA) is 44.8 Å². The van der Waals surface area contributed by atoms with Crippen LogP contribution >= 0.6 is 0 Å². The van der Waals surface area contributed by atoms with Gasteiger partial charge in [0, 0.05) is 37.4 Å². The summed E-state index contributed by atoms with van der Waals surface area (Å²) < 4.78 is 5.56. The number of ether oxygens (including phenoxy) is 1. The van der Waals surface area contributed by atoms with Gasteiger partial charge < -0.3 is 19.9 Å². The predicted octanol–water partition coefficient (Wildman–Crippen LogP) is 3.12. The Labute approximate surface area is 173 Å². The molecule has 0 radical (unpaired) electrons. The summed E-state index contributed by atoms with van der Waals surface area (Å²) in [5.74, 6) is 1.63. The third kappa shape index (κ3) is 4.40. The number of nitrogens with one attached hydrogen (secondary N) is 1. The fraction of sp³-hybridized carbons (Fsp3) is 0.458. The maximum atomic E-state index is 13.2. The van der Waals surface area contributed by atoms with Gasteiger partial charge in [-0.1, -0.05) is 18.2 Å². The molecule has 0 spiro atoms. The minimum Gasteiger partial charge on any atom is -0.496 e. The van der Waals surface area contributed by atoms with E-state index in [4.69, 9.17) is 4.74 Å². The molecule has 0 aromatic heterocycles. The number of nitrogens with zero attached hydrogens (tertiary/aromatic N) is 2. The van der Waals surface area contributed by atoms with Crippen LogP contribution in [0.25, 0.3) is 0 Å². The maximum Gasteiger partial charge on any atom is 0.253 e. The van der Waals surface area contributed by atoms with E-state index in [9.17, 15) is 4.79 Å². The minimum absolute atomic E-state index is 0.128. The van der Waals surface area contributed by atoms with Gasteiger partial charge in [-0.3, -0.25) is 4.79 Å². The van der Waals surface area contributed by atoms with Crippen LogP contribution in [0.1, 0.15) is 27.9 Å². The van der Waals surface area contributed by atoms with Gasteiger partial charge >= 0.3 is 0 Å². The number of rotatable bonds is 5. The summed E-state index contributed by atoms with van der Waals surface area (Å²) in [6, 6.07) is 14.4. The molecule has 2 aromatic carbocycles. The average molecular weight is 394 g/mol. The third-order valence-corrected chi connectivity index (χ3v) is 6.22. The van der Waals surface area contributed by atoms with Crippen molar-refractivity contribution in [2.75, 3.05) is 51.3 Å². The molecule has 4 rings (SSSR count). The standard InChI is InChI=1S/C24H31N3O2/c1-18-5-3-4-6-22(18)26-11-13-27(14-12-26)24(28)20-7-8-23(29-2)21(16-20)15-19-9-10-25-17-19/h3-8,16,19,25H,9-15,17H2,1-2H3. The molecule has 0 aliphatic carbocycles. The van der Waals surface area contributed by atoms with Gasteiger partial charge in [0.25, 0.3) is 5.91 Å². The van der Waals surface area contributed by atoms with Crippen molar-refractivity contribution in [1.29, 1.82) is 0 Å². The summed E-state index contributed by atoms with van der Waals surface area (Å²) >= 11 is 0. The number of aryl methyl sites for hydroxylation is 1. The number of anilines is 1. The van der Waals surface area contributed by atoms with E-state index in [1.165, 1.54) is 17.7 Å². The Balaban J connectivity index is 1.43. The highest BCUT2D eigenvalue weighted by molar-refractivity contribution is 5.94. The smallest absolute Gasteiger partial charge is 0.253 e. The highest BCUT2D eigenvalue weighted by atomic mass is 16.5.